The van der Waals surface area contributed by atoms with E-state index >= 15 is 0 Å². The van der Waals surface area contributed by atoms with Crippen molar-refractivity contribution in [3.8, 4) is 0 Å². The number of nitrogens with one attached hydrogen (secondary N) is 2. The molecule has 0 saturated heterocycles. The number of carbonyl (C=O) groups is 2. The summed E-state index contributed by atoms with van der Waals surface area (Å²) in [6, 6.07) is 5.02. The summed E-state index contributed by atoms with van der Waals surface area (Å²) in [4.78, 5) is 23.8. The molecule has 24 heavy (non-hydrogen) atoms. The molecule has 0 radical (unpaired) electrons. The highest BCUT2D eigenvalue weighted by Gasteiger charge is 2.33. The topological polar surface area (TPSA) is 78.4 Å². The third kappa shape index (κ3) is 5.84. The van der Waals surface area contributed by atoms with Crippen molar-refractivity contribution in [3.05, 3.63) is 29.8 Å². The maximum Gasteiger partial charge on any atom is 0.393 e. The molecule has 1 aromatic carbocycles. The molecule has 2 amide bonds. The van der Waals surface area contributed by atoms with Crippen LogP contribution in [0, 0.1) is 5.92 Å². The van der Waals surface area contributed by atoms with E-state index in [0.29, 0.717) is 6.42 Å². The van der Waals surface area contributed by atoms with Gasteiger partial charge >= 0.3 is 18.0 Å². The molecule has 5 nitrogen and oxygen atoms in total. The maximum atomic E-state index is 12.4. The van der Waals surface area contributed by atoms with Crippen LogP contribution < -0.4 is 10.6 Å². The van der Waals surface area contributed by atoms with Gasteiger partial charge in [-0.25, -0.2) is 0 Å². The molecular weight excluding hydrogens is 325 g/mol. The van der Waals surface area contributed by atoms with Gasteiger partial charge in [0.15, 0.2) is 0 Å². The van der Waals surface area contributed by atoms with Gasteiger partial charge < -0.3 is 15.7 Å². The zero-order valence-electron chi connectivity index (χ0n) is 12.9. The molecule has 0 aliphatic heterocycles. The van der Waals surface area contributed by atoms with Gasteiger partial charge in [0.05, 0.1) is 6.42 Å². The van der Waals surface area contributed by atoms with Gasteiger partial charge in [-0.1, -0.05) is 12.1 Å². The third-order valence-corrected chi connectivity index (χ3v) is 3.74. The van der Waals surface area contributed by atoms with Crippen molar-refractivity contribution >= 4 is 17.5 Å². The summed E-state index contributed by atoms with van der Waals surface area (Å²) in [6.45, 7) is -0.0947. The van der Waals surface area contributed by atoms with Gasteiger partial charge in [0.2, 0.25) is 0 Å². The molecule has 0 aromatic heterocycles. The SMILES string of the molecule is O=C(Nc1cccc(CC(F)(F)F)c1)C(=O)NC(CCO)C1CC1. The minimum Gasteiger partial charge on any atom is -0.396 e. The molecule has 1 aliphatic carbocycles. The molecule has 0 heterocycles. The first kappa shape index (κ1) is 18.3. The van der Waals surface area contributed by atoms with Gasteiger partial charge in [-0.2, -0.15) is 13.2 Å². The summed E-state index contributed by atoms with van der Waals surface area (Å²) < 4.78 is 37.2. The molecule has 1 atom stereocenters. The van der Waals surface area contributed by atoms with Gasteiger partial charge in [-0.3, -0.25) is 9.59 Å². The van der Waals surface area contributed by atoms with Crippen LogP contribution in [0.1, 0.15) is 24.8 Å². The lowest BCUT2D eigenvalue weighted by Crippen LogP contribution is -2.43. The molecule has 0 spiro atoms. The molecular formula is C16H19F3N2O3. The second-order valence-electron chi connectivity index (χ2n) is 5.88. The van der Waals surface area contributed by atoms with E-state index in [-0.39, 0.29) is 29.8 Å². The number of halogens is 3. The lowest BCUT2D eigenvalue weighted by molar-refractivity contribution is -0.136. The summed E-state index contributed by atoms with van der Waals surface area (Å²) in [5.41, 5.74) is 0.124. The number of aliphatic hydroxyl groups excluding tert-OH is 1. The largest absolute Gasteiger partial charge is 0.396 e. The predicted molar refractivity (Wildman–Crippen MR) is 81.2 cm³/mol. The Bertz CT molecular complexity index is 600. The van der Waals surface area contributed by atoms with E-state index in [1.807, 2.05) is 0 Å². The summed E-state index contributed by atoms with van der Waals surface area (Å²) in [5, 5.41) is 13.8. The van der Waals surface area contributed by atoms with Crippen LogP contribution in [0.4, 0.5) is 18.9 Å². The summed E-state index contributed by atoms with van der Waals surface area (Å²) in [5.74, 6) is -1.53. The van der Waals surface area contributed by atoms with E-state index in [4.69, 9.17) is 5.11 Å². The zero-order valence-corrected chi connectivity index (χ0v) is 12.9. The fraction of sp³-hybridized carbons (Fsp3) is 0.500. The number of benzene rings is 1. The van der Waals surface area contributed by atoms with E-state index in [0.717, 1.165) is 12.8 Å². The molecule has 1 aliphatic rings. The van der Waals surface area contributed by atoms with E-state index in [2.05, 4.69) is 10.6 Å². The minimum absolute atomic E-state index is 0.00292. The van der Waals surface area contributed by atoms with Crippen LogP contribution >= 0.6 is 0 Å². The molecule has 2 rings (SSSR count). The van der Waals surface area contributed by atoms with Gasteiger partial charge in [0, 0.05) is 18.3 Å². The summed E-state index contributed by atoms with van der Waals surface area (Å²) >= 11 is 0. The van der Waals surface area contributed by atoms with Crippen molar-refractivity contribution in [1.29, 1.82) is 0 Å². The van der Waals surface area contributed by atoms with Crippen molar-refractivity contribution in [2.75, 3.05) is 11.9 Å². The van der Waals surface area contributed by atoms with Crippen LogP contribution in [-0.2, 0) is 16.0 Å². The molecule has 3 N–H and O–H groups in total. The highest BCUT2D eigenvalue weighted by atomic mass is 19.4. The highest BCUT2D eigenvalue weighted by Crippen LogP contribution is 2.33. The summed E-state index contributed by atoms with van der Waals surface area (Å²) in [7, 11) is 0. The van der Waals surface area contributed by atoms with E-state index in [1.54, 1.807) is 0 Å². The Morgan fingerprint density at radius 2 is 1.96 bits per heavy atom. The Hall–Kier alpha value is -2.09. The predicted octanol–water partition coefficient (Wildman–Crippen LogP) is 2.01. The Morgan fingerprint density at radius 3 is 2.54 bits per heavy atom. The highest BCUT2D eigenvalue weighted by molar-refractivity contribution is 6.39. The first-order valence-electron chi connectivity index (χ1n) is 7.67. The number of alkyl halides is 3. The number of carbonyl (C=O) groups excluding carboxylic acids is 2. The fourth-order valence-corrected chi connectivity index (χ4v) is 2.48. The van der Waals surface area contributed by atoms with E-state index < -0.39 is 24.4 Å². The Morgan fingerprint density at radius 1 is 1.25 bits per heavy atom. The number of aliphatic hydroxyl groups is 1. The van der Waals surface area contributed by atoms with Crippen molar-refractivity contribution in [2.24, 2.45) is 5.92 Å². The van der Waals surface area contributed by atoms with Crippen molar-refractivity contribution in [2.45, 2.75) is 37.9 Å². The standard InChI is InChI=1S/C16H19F3N2O3/c17-16(18,19)9-10-2-1-3-12(8-10)20-14(23)15(24)21-13(6-7-22)11-4-5-11/h1-3,8,11,13,22H,4-7,9H2,(H,20,23)(H,21,24). The van der Waals surface area contributed by atoms with Crippen molar-refractivity contribution < 1.29 is 27.9 Å². The van der Waals surface area contributed by atoms with Gasteiger partial charge in [0.1, 0.15) is 0 Å². The Labute approximate surface area is 137 Å². The molecule has 8 heteroatoms. The normalized spacial score (nSPS) is 15.7. The third-order valence-electron chi connectivity index (χ3n) is 3.74. The molecule has 0 bridgehead atoms. The van der Waals surface area contributed by atoms with E-state index in [9.17, 15) is 22.8 Å². The quantitative estimate of drug-likeness (QED) is 0.691. The van der Waals surface area contributed by atoms with Crippen LogP contribution in [0.15, 0.2) is 24.3 Å². The van der Waals surface area contributed by atoms with Crippen LogP contribution in [-0.4, -0.2) is 35.7 Å². The minimum atomic E-state index is -4.35. The van der Waals surface area contributed by atoms with Gasteiger partial charge in [-0.05, 0) is 42.9 Å². The second-order valence-corrected chi connectivity index (χ2v) is 5.88. The molecule has 1 fully saturated rings. The lowest BCUT2D eigenvalue weighted by Gasteiger charge is -2.16. The first-order valence-corrected chi connectivity index (χ1v) is 7.67. The molecule has 1 saturated carbocycles. The first-order chi connectivity index (χ1) is 11.3. The number of rotatable bonds is 6. The lowest BCUT2D eigenvalue weighted by atomic mass is 10.1. The van der Waals surface area contributed by atoms with Crippen LogP contribution in [0.2, 0.25) is 0 Å². The summed E-state index contributed by atoms with van der Waals surface area (Å²) in [6.07, 6.45) is -3.21. The monoisotopic (exact) mass is 344 g/mol. The van der Waals surface area contributed by atoms with Crippen molar-refractivity contribution in [3.63, 3.8) is 0 Å². The zero-order chi connectivity index (χ0) is 17.7. The van der Waals surface area contributed by atoms with Gasteiger partial charge in [0.25, 0.3) is 0 Å². The second kappa shape index (κ2) is 7.65. The maximum absolute atomic E-state index is 12.4. The fourth-order valence-electron chi connectivity index (χ4n) is 2.48. The van der Waals surface area contributed by atoms with Gasteiger partial charge in [-0.15, -0.1) is 0 Å². The Kier molecular flexibility index (Phi) is 5.82. The van der Waals surface area contributed by atoms with E-state index in [1.165, 1.54) is 24.3 Å². The number of hydrogen-bond donors (Lipinski definition) is 3. The molecule has 1 unspecified atom stereocenters. The number of anilines is 1. The molecule has 132 valence electrons. The smallest absolute Gasteiger partial charge is 0.393 e. The van der Waals surface area contributed by atoms with Crippen LogP contribution in [0.5, 0.6) is 0 Å². The number of amides is 2. The number of hydrogen-bond acceptors (Lipinski definition) is 3. The van der Waals surface area contributed by atoms with Crippen LogP contribution in [0.25, 0.3) is 0 Å². The Balaban J connectivity index is 1.93. The average Bonchev–Trinajstić information content (AvgIpc) is 3.29. The average molecular weight is 344 g/mol. The van der Waals surface area contributed by atoms with Crippen LogP contribution in [0.3, 0.4) is 0 Å². The molecule has 1 aromatic rings. The van der Waals surface area contributed by atoms with Crippen molar-refractivity contribution in [1.82, 2.24) is 5.32 Å².